The summed E-state index contributed by atoms with van der Waals surface area (Å²) in [6, 6.07) is 7.67. The molecule has 1 unspecified atom stereocenters. The number of benzene rings is 1. The Bertz CT molecular complexity index is 345. The summed E-state index contributed by atoms with van der Waals surface area (Å²) >= 11 is 0. The van der Waals surface area contributed by atoms with Crippen LogP contribution in [0.25, 0.3) is 0 Å². The number of aryl methyl sites for hydroxylation is 1. The van der Waals surface area contributed by atoms with Gasteiger partial charge in [-0.2, -0.15) is 0 Å². The van der Waals surface area contributed by atoms with E-state index >= 15 is 0 Å². The second-order valence-electron chi connectivity index (χ2n) is 5.64. The van der Waals surface area contributed by atoms with Gasteiger partial charge in [-0.1, -0.05) is 63.6 Å². The largest absolute Gasteiger partial charge is 0.508 e. The summed E-state index contributed by atoms with van der Waals surface area (Å²) in [6.07, 6.45) is 10.9. The molecular weight excluding hydrogens is 248 g/mol. The lowest BCUT2D eigenvalue weighted by atomic mass is 10.0. The normalized spacial score (nSPS) is 16.4. The van der Waals surface area contributed by atoms with Gasteiger partial charge in [0.15, 0.2) is 0 Å². The summed E-state index contributed by atoms with van der Waals surface area (Å²) in [4.78, 5) is 0. The molecule has 1 fully saturated rings. The van der Waals surface area contributed by atoms with Gasteiger partial charge in [0.1, 0.15) is 5.75 Å². The van der Waals surface area contributed by atoms with Crippen molar-refractivity contribution < 1.29 is 9.84 Å². The quantitative estimate of drug-likeness (QED) is 0.530. The summed E-state index contributed by atoms with van der Waals surface area (Å²) in [5.41, 5.74) is 1.09. The highest BCUT2D eigenvalue weighted by molar-refractivity contribution is 5.31. The molecular formula is C18H30O2. The molecule has 0 aliphatic carbocycles. The van der Waals surface area contributed by atoms with E-state index in [1.165, 1.54) is 44.9 Å². The van der Waals surface area contributed by atoms with Gasteiger partial charge in [0.2, 0.25) is 0 Å². The molecule has 0 radical (unpaired) electrons. The standard InChI is InChI=1S/C15H24O.C3H6O/c1-2-3-4-5-6-7-8-11-14-12-9-10-13-15(14)16;1-3-2-4-3/h9-10,12-13,16H,2-8,11H2,1H3;3H,2H2,1H3. The topological polar surface area (TPSA) is 32.8 Å². The number of unbranched alkanes of at least 4 members (excludes halogenated alkanes) is 6. The van der Waals surface area contributed by atoms with Gasteiger partial charge in [-0.15, -0.1) is 0 Å². The zero-order valence-corrected chi connectivity index (χ0v) is 13.1. The highest BCUT2D eigenvalue weighted by Gasteiger charge is 2.13. The SMILES string of the molecule is CC1CO1.CCCCCCCCCc1ccccc1O. The Balaban J connectivity index is 0.000000425. The number of epoxide rings is 1. The van der Waals surface area contributed by atoms with Crippen molar-refractivity contribution in [3.63, 3.8) is 0 Å². The number of phenols is 1. The predicted octanol–water partition coefficient (Wildman–Crippen LogP) is 5.09. The summed E-state index contributed by atoms with van der Waals surface area (Å²) in [5, 5.41) is 9.58. The Labute approximate surface area is 124 Å². The van der Waals surface area contributed by atoms with E-state index in [-0.39, 0.29) is 0 Å². The number of hydrogen-bond acceptors (Lipinski definition) is 2. The fraction of sp³-hybridized carbons (Fsp3) is 0.667. The molecule has 1 aliphatic heterocycles. The fourth-order valence-corrected chi connectivity index (χ4v) is 2.09. The Morgan fingerprint density at radius 3 is 2.15 bits per heavy atom. The van der Waals surface area contributed by atoms with Gasteiger partial charge in [-0.25, -0.2) is 0 Å². The average Bonchev–Trinajstić information content (AvgIpc) is 3.23. The minimum Gasteiger partial charge on any atom is -0.508 e. The number of phenolic OH excluding ortho intramolecular Hbond substituents is 1. The predicted molar refractivity (Wildman–Crippen MR) is 85.2 cm³/mol. The summed E-state index contributed by atoms with van der Waals surface area (Å²) < 4.78 is 4.71. The van der Waals surface area contributed by atoms with Crippen molar-refractivity contribution in [3.05, 3.63) is 29.8 Å². The lowest BCUT2D eigenvalue weighted by Crippen LogP contribution is -1.87. The van der Waals surface area contributed by atoms with E-state index in [1.807, 2.05) is 18.2 Å². The maximum Gasteiger partial charge on any atom is 0.118 e. The van der Waals surface area contributed by atoms with E-state index < -0.39 is 0 Å². The lowest BCUT2D eigenvalue weighted by Gasteiger charge is -2.04. The van der Waals surface area contributed by atoms with Crippen molar-refractivity contribution in [2.45, 2.75) is 71.3 Å². The van der Waals surface area contributed by atoms with Crippen molar-refractivity contribution >= 4 is 0 Å². The van der Waals surface area contributed by atoms with Crippen molar-refractivity contribution in [1.29, 1.82) is 0 Å². The van der Waals surface area contributed by atoms with Crippen LogP contribution in [-0.4, -0.2) is 17.8 Å². The molecule has 2 rings (SSSR count). The first-order valence-corrected chi connectivity index (χ1v) is 8.12. The molecule has 0 saturated carbocycles. The third kappa shape index (κ3) is 8.98. The summed E-state index contributed by atoms with van der Waals surface area (Å²) in [6.45, 7) is 5.29. The highest BCUT2D eigenvalue weighted by atomic mass is 16.6. The molecule has 1 aromatic carbocycles. The van der Waals surface area contributed by atoms with E-state index in [1.54, 1.807) is 6.07 Å². The highest BCUT2D eigenvalue weighted by Crippen LogP contribution is 2.18. The molecule has 1 heterocycles. The van der Waals surface area contributed by atoms with Crippen molar-refractivity contribution in [2.24, 2.45) is 0 Å². The van der Waals surface area contributed by atoms with Crippen LogP contribution in [0.4, 0.5) is 0 Å². The van der Waals surface area contributed by atoms with Crippen LogP contribution < -0.4 is 0 Å². The number of rotatable bonds is 8. The zero-order valence-electron chi connectivity index (χ0n) is 13.1. The van der Waals surface area contributed by atoms with Crippen molar-refractivity contribution in [1.82, 2.24) is 0 Å². The average molecular weight is 278 g/mol. The number of ether oxygens (including phenoxy) is 1. The fourth-order valence-electron chi connectivity index (χ4n) is 2.09. The minimum atomic E-state index is 0.452. The molecule has 1 N–H and O–H groups in total. The third-order valence-corrected chi connectivity index (χ3v) is 3.54. The maximum absolute atomic E-state index is 9.58. The third-order valence-electron chi connectivity index (χ3n) is 3.54. The zero-order chi connectivity index (χ0) is 14.6. The second-order valence-corrected chi connectivity index (χ2v) is 5.64. The Kier molecular flexibility index (Phi) is 9.14. The van der Waals surface area contributed by atoms with Gasteiger partial charge >= 0.3 is 0 Å². The molecule has 20 heavy (non-hydrogen) atoms. The van der Waals surface area contributed by atoms with Crippen LogP contribution in [0.15, 0.2) is 24.3 Å². The van der Waals surface area contributed by atoms with Crippen LogP contribution in [0, 0.1) is 0 Å². The molecule has 0 bridgehead atoms. The van der Waals surface area contributed by atoms with Crippen LogP contribution in [0.3, 0.4) is 0 Å². The lowest BCUT2D eigenvalue weighted by molar-refractivity contribution is 0.423. The first-order valence-electron chi connectivity index (χ1n) is 8.12. The molecule has 1 aromatic rings. The molecule has 2 heteroatoms. The van der Waals surface area contributed by atoms with Gasteiger partial charge in [0, 0.05) is 0 Å². The molecule has 114 valence electrons. The number of aromatic hydroxyl groups is 1. The van der Waals surface area contributed by atoms with Crippen molar-refractivity contribution in [3.8, 4) is 5.75 Å². The van der Waals surface area contributed by atoms with Crippen LogP contribution in [0.1, 0.15) is 64.4 Å². The van der Waals surface area contributed by atoms with Gasteiger partial charge < -0.3 is 9.84 Å². The molecule has 1 aliphatic rings. The molecule has 1 saturated heterocycles. The second kappa shape index (κ2) is 10.7. The minimum absolute atomic E-state index is 0.452. The molecule has 1 atom stereocenters. The van der Waals surface area contributed by atoms with E-state index in [0.29, 0.717) is 11.9 Å². The Morgan fingerprint density at radius 2 is 1.60 bits per heavy atom. The van der Waals surface area contributed by atoms with Crippen LogP contribution in [0.5, 0.6) is 5.75 Å². The first kappa shape index (κ1) is 17.0. The maximum atomic E-state index is 9.58. The van der Waals surface area contributed by atoms with Gasteiger partial charge in [0.25, 0.3) is 0 Å². The molecule has 0 spiro atoms. The summed E-state index contributed by atoms with van der Waals surface area (Å²) in [5.74, 6) is 0.452. The van der Waals surface area contributed by atoms with Crippen LogP contribution >= 0.6 is 0 Å². The Hall–Kier alpha value is -1.02. The number of para-hydroxylation sites is 1. The van der Waals surface area contributed by atoms with Gasteiger partial charge in [0.05, 0.1) is 12.7 Å². The monoisotopic (exact) mass is 278 g/mol. The van der Waals surface area contributed by atoms with E-state index in [4.69, 9.17) is 4.74 Å². The van der Waals surface area contributed by atoms with E-state index in [0.717, 1.165) is 18.6 Å². The molecule has 0 amide bonds. The first-order chi connectivity index (χ1) is 9.74. The van der Waals surface area contributed by atoms with E-state index in [9.17, 15) is 5.11 Å². The number of hydrogen-bond donors (Lipinski definition) is 1. The van der Waals surface area contributed by atoms with Crippen molar-refractivity contribution in [2.75, 3.05) is 6.61 Å². The van der Waals surface area contributed by atoms with Gasteiger partial charge in [-0.3, -0.25) is 0 Å². The van der Waals surface area contributed by atoms with Crippen LogP contribution in [-0.2, 0) is 11.2 Å². The van der Waals surface area contributed by atoms with E-state index in [2.05, 4.69) is 13.8 Å². The molecule has 0 aromatic heterocycles. The smallest absolute Gasteiger partial charge is 0.118 e. The molecule has 2 nitrogen and oxygen atoms in total. The van der Waals surface area contributed by atoms with Crippen LogP contribution in [0.2, 0.25) is 0 Å². The van der Waals surface area contributed by atoms with Gasteiger partial charge in [-0.05, 0) is 31.4 Å². The summed E-state index contributed by atoms with van der Waals surface area (Å²) in [7, 11) is 0. The Morgan fingerprint density at radius 1 is 1.05 bits per heavy atom.